The molecule has 3 nitrogen and oxygen atoms in total. The number of anilines is 1. The Morgan fingerprint density at radius 3 is 3.11 bits per heavy atom. The van der Waals surface area contributed by atoms with Crippen LogP contribution in [-0.4, -0.2) is 25.1 Å². The Morgan fingerprint density at radius 2 is 2.28 bits per heavy atom. The monoisotopic (exact) mass is 259 g/mol. The van der Waals surface area contributed by atoms with Gasteiger partial charge in [0.05, 0.1) is 17.7 Å². The Hall–Kier alpha value is -1.39. The van der Waals surface area contributed by atoms with Gasteiger partial charge in [0.15, 0.2) is 0 Å². The van der Waals surface area contributed by atoms with Crippen LogP contribution in [-0.2, 0) is 6.42 Å². The van der Waals surface area contributed by atoms with Gasteiger partial charge in [-0.15, -0.1) is 11.3 Å². The number of thiazole rings is 1. The van der Waals surface area contributed by atoms with E-state index in [1.54, 1.807) is 11.3 Å². The summed E-state index contributed by atoms with van der Waals surface area (Å²) in [6, 6.07) is 9.16. The zero-order chi connectivity index (χ0) is 12.4. The third kappa shape index (κ3) is 2.13. The maximum absolute atomic E-state index is 4.17. The normalized spacial score (nSPS) is 19.1. The van der Waals surface area contributed by atoms with Gasteiger partial charge in [-0.25, -0.2) is 0 Å². The summed E-state index contributed by atoms with van der Waals surface area (Å²) >= 11 is 1.69. The summed E-state index contributed by atoms with van der Waals surface area (Å²) in [4.78, 5) is 6.50. The molecule has 2 heterocycles. The third-order valence-corrected chi connectivity index (χ3v) is 4.42. The van der Waals surface area contributed by atoms with Gasteiger partial charge >= 0.3 is 0 Å². The van der Waals surface area contributed by atoms with Crippen LogP contribution >= 0.6 is 11.3 Å². The highest BCUT2D eigenvalue weighted by Crippen LogP contribution is 2.30. The van der Waals surface area contributed by atoms with E-state index < -0.39 is 0 Å². The average Bonchev–Trinajstić information content (AvgIpc) is 2.85. The fourth-order valence-corrected chi connectivity index (χ4v) is 3.19. The molecule has 0 radical (unpaired) electrons. The molecule has 1 aromatic carbocycles. The van der Waals surface area contributed by atoms with Crippen LogP contribution < -0.4 is 10.2 Å². The second kappa shape index (κ2) is 5.08. The number of likely N-dealkylation sites (N-methyl/N-ethyl adjacent to an activating group) is 1. The molecule has 0 aliphatic carbocycles. The van der Waals surface area contributed by atoms with Gasteiger partial charge in [-0.05, 0) is 24.1 Å². The highest BCUT2D eigenvalue weighted by atomic mass is 32.1. The Labute approximate surface area is 111 Å². The fourth-order valence-electron chi connectivity index (χ4n) is 2.54. The zero-order valence-electron chi connectivity index (χ0n) is 10.5. The molecule has 0 fully saturated rings. The first kappa shape index (κ1) is 11.7. The molecule has 0 saturated carbocycles. The van der Waals surface area contributed by atoms with E-state index in [2.05, 4.69) is 46.5 Å². The summed E-state index contributed by atoms with van der Waals surface area (Å²) in [7, 11) is 2.15. The number of fused-ring (bicyclic) bond motifs is 1. The minimum Gasteiger partial charge on any atom is -0.357 e. The van der Waals surface area contributed by atoms with Gasteiger partial charge in [0.2, 0.25) is 0 Å². The van der Waals surface area contributed by atoms with Crippen LogP contribution in [0.2, 0.25) is 0 Å². The highest BCUT2D eigenvalue weighted by molar-refractivity contribution is 7.13. The van der Waals surface area contributed by atoms with Crippen LogP contribution in [0, 0.1) is 0 Å². The molecule has 0 amide bonds. The van der Waals surface area contributed by atoms with E-state index in [9.17, 15) is 0 Å². The predicted molar refractivity (Wildman–Crippen MR) is 76.3 cm³/mol. The average molecular weight is 259 g/mol. The van der Waals surface area contributed by atoms with Gasteiger partial charge in [0.25, 0.3) is 0 Å². The van der Waals surface area contributed by atoms with Crippen molar-refractivity contribution in [3.63, 3.8) is 0 Å². The summed E-state index contributed by atoms with van der Waals surface area (Å²) in [5.74, 6) is 0. The van der Waals surface area contributed by atoms with Gasteiger partial charge in [0, 0.05) is 13.6 Å². The van der Waals surface area contributed by atoms with E-state index in [-0.39, 0.29) is 0 Å². The lowest BCUT2D eigenvalue weighted by Crippen LogP contribution is -2.31. The first-order chi connectivity index (χ1) is 8.86. The standard InChI is InChI=1S/C14H17N3S/c1-17(14-9-16-10-18-14)13-8-15-7-6-11-4-2-3-5-12(11)13/h2-5,9-10,13,15H,6-8H2,1H3. The van der Waals surface area contributed by atoms with E-state index in [0.29, 0.717) is 6.04 Å². The minimum absolute atomic E-state index is 0.393. The third-order valence-electron chi connectivity index (χ3n) is 3.56. The van der Waals surface area contributed by atoms with Crippen LogP contribution in [0.5, 0.6) is 0 Å². The molecule has 94 valence electrons. The molecule has 1 unspecified atom stereocenters. The molecule has 0 bridgehead atoms. The van der Waals surface area contributed by atoms with Gasteiger partial charge in [-0.1, -0.05) is 24.3 Å². The van der Waals surface area contributed by atoms with Crippen molar-refractivity contribution >= 4 is 16.3 Å². The summed E-state index contributed by atoms with van der Waals surface area (Å²) < 4.78 is 0. The van der Waals surface area contributed by atoms with E-state index >= 15 is 0 Å². The summed E-state index contributed by atoms with van der Waals surface area (Å²) in [6.45, 7) is 2.05. The molecule has 2 aromatic rings. The molecule has 1 atom stereocenters. The van der Waals surface area contributed by atoms with Crippen molar-refractivity contribution in [2.45, 2.75) is 12.5 Å². The Bertz CT molecular complexity index is 510. The van der Waals surface area contributed by atoms with Crippen LogP contribution in [0.15, 0.2) is 36.0 Å². The molecule has 4 heteroatoms. The molecule has 0 saturated heterocycles. The summed E-state index contributed by atoms with van der Waals surface area (Å²) in [6.07, 6.45) is 3.06. The molecule has 1 aliphatic heterocycles. The number of nitrogens with one attached hydrogen (secondary N) is 1. The topological polar surface area (TPSA) is 28.2 Å². The van der Waals surface area contributed by atoms with Crippen LogP contribution in [0.1, 0.15) is 17.2 Å². The fraction of sp³-hybridized carbons (Fsp3) is 0.357. The Kier molecular flexibility index (Phi) is 3.30. The molecule has 1 aliphatic rings. The number of benzene rings is 1. The Balaban J connectivity index is 1.96. The SMILES string of the molecule is CN(c1cncs1)C1CNCCc2ccccc21. The second-order valence-corrected chi connectivity index (χ2v) is 5.48. The van der Waals surface area contributed by atoms with E-state index in [1.165, 1.54) is 16.1 Å². The van der Waals surface area contributed by atoms with Crippen molar-refractivity contribution in [3.8, 4) is 0 Å². The number of nitrogens with zero attached hydrogens (tertiary/aromatic N) is 2. The van der Waals surface area contributed by atoms with Gasteiger partial charge in [-0.2, -0.15) is 0 Å². The largest absolute Gasteiger partial charge is 0.357 e. The lowest BCUT2D eigenvalue weighted by molar-refractivity contribution is 0.601. The minimum atomic E-state index is 0.393. The van der Waals surface area contributed by atoms with Gasteiger partial charge < -0.3 is 10.2 Å². The predicted octanol–water partition coefficient (Wildman–Crippen LogP) is 2.47. The molecule has 3 rings (SSSR count). The van der Waals surface area contributed by atoms with Crippen LogP contribution in [0.3, 0.4) is 0 Å². The van der Waals surface area contributed by atoms with Crippen molar-refractivity contribution in [1.82, 2.24) is 10.3 Å². The first-order valence-corrected chi connectivity index (χ1v) is 7.14. The molecular weight excluding hydrogens is 242 g/mol. The van der Waals surface area contributed by atoms with Crippen LogP contribution in [0.25, 0.3) is 0 Å². The van der Waals surface area contributed by atoms with Crippen LogP contribution in [0.4, 0.5) is 5.00 Å². The first-order valence-electron chi connectivity index (χ1n) is 6.26. The van der Waals surface area contributed by atoms with Crippen molar-refractivity contribution in [2.24, 2.45) is 0 Å². The molecule has 0 spiro atoms. The van der Waals surface area contributed by atoms with E-state index in [1.807, 2.05) is 11.7 Å². The van der Waals surface area contributed by atoms with E-state index in [4.69, 9.17) is 0 Å². The Morgan fingerprint density at radius 1 is 1.39 bits per heavy atom. The highest BCUT2D eigenvalue weighted by Gasteiger charge is 2.22. The number of aromatic nitrogens is 1. The molecule has 18 heavy (non-hydrogen) atoms. The summed E-state index contributed by atoms with van der Waals surface area (Å²) in [5.41, 5.74) is 4.80. The maximum atomic E-state index is 4.17. The number of hydrogen-bond acceptors (Lipinski definition) is 4. The van der Waals surface area contributed by atoms with Gasteiger partial charge in [-0.3, -0.25) is 4.98 Å². The quantitative estimate of drug-likeness (QED) is 0.898. The molecule has 1 aromatic heterocycles. The maximum Gasteiger partial charge on any atom is 0.111 e. The van der Waals surface area contributed by atoms with Crippen molar-refractivity contribution in [3.05, 3.63) is 47.1 Å². The van der Waals surface area contributed by atoms with Crippen molar-refractivity contribution < 1.29 is 0 Å². The molecular formula is C14H17N3S. The lowest BCUT2D eigenvalue weighted by Gasteiger charge is -2.29. The van der Waals surface area contributed by atoms with Crippen molar-refractivity contribution in [1.29, 1.82) is 0 Å². The number of rotatable bonds is 2. The van der Waals surface area contributed by atoms with E-state index in [0.717, 1.165) is 19.5 Å². The zero-order valence-corrected chi connectivity index (χ0v) is 11.3. The van der Waals surface area contributed by atoms with Crippen molar-refractivity contribution in [2.75, 3.05) is 25.0 Å². The lowest BCUT2D eigenvalue weighted by atomic mass is 9.99. The smallest absolute Gasteiger partial charge is 0.111 e. The second-order valence-electron chi connectivity index (χ2n) is 4.62. The molecule has 1 N–H and O–H groups in total. The van der Waals surface area contributed by atoms with Gasteiger partial charge in [0.1, 0.15) is 5.00 Å². The number of hydrogen-bond donors (Lipinski definition) is 1. The summed E-state index contributed by atoms with van der Waals surface area (Å²) in [5, 5.41) is 4.75.